The first-order valence-electron chi connectivity index (χ1n) is 7.16. The lowest BCUT2D eigenvalue weighted by molar-refractivity contribution is -0.131. The first kappa shape index (κ1) is 14.4. The number of rotatable bonds is 5. The van der Waals surface area contributed by atoms with Gasteiger partial charge in [0.25, 0.3) is 11.8 Å². The second kappa shape index (κ2) is 6.46. The number of likely N-dealkylation sites (tertiary alicyclic amines) is 1. The van der Waals surface area contributed by atoms with Crippen molar-refractivity contribution in [3.05, 3.63) is 36.9 Å². The van der Waals surface area contributed by atoms with Crippen molar-refractivity contribution < 1.29 is 14.3 Å². The fraction of sp³-hybridized carbons (Fsp3) is 0.400. The van der Waals surface area contributed by atoms with Gasteiger partial charge >= 0.3 is 0 Å². The summed E-state index contributed by atoms with van der Waals surface area (Å²) in [6.07, 6.45) is 7.56. The Morgan fingerprint density at radius 3 is 2.73 bits per heavy atom. The van der Waals surface area contributed by atoms with Gasteiger partial charge in [0.05, 0.1) is 13.7 Å². The average molecular weight is 302 g/mol. The Kier molecular flexibility index (Phi) is 4.22. The molecule has 1 atom stereocenters. The maximum atomic E-state index is 12.2. The van der Waals surface area contributed by atoms with Gasteiger partial charge in [-0.1, -0.05) is 0 Å². The van der Waals surface area contributed by atoms with E-state index in [0.717, 1.165) is 6.42 Å². The lowest BCUT2D eigenvalue weighted by atomic mass is 10.3. The number of methoxy groups -OCH3 is 1. The first-order chi connectivity index (χ1) is 10.8. The summed E-state index contributed by atoms with van der Waals surface area (Å²) in [6.45, 7) is 1.60. The zero-order valence-electron chi connectivity index (χ0n) is 12.4. The smallest absolute Gasteiger partial charge is 0.278 e. The summed E-state index contributed by atoms with van der Waals surface area (Å²) in [7, 11) is 1.53. The maximum Gasteiger partial charge on any atom is 0.278 e. The fourth-order valence-electron chi connectivity index (χ4n) is 2.47. The van der Waals surface area contributed by atoms with E-state index in [2.05, 4.69) is 9.97 Å². The molecule has 3 rings (SSSR count). The summed E-state index contributed by atoms with van der Waals surface area (Å²) < 4.78 is 12.8. The van der Waals surface area contributed by atoms with Crippen LogP contribution in [0.2, 0.25) is 0 Å². The van der Waals surface area contributed by atoms with Crippen LogP contribution in [-0.2, 0) is 11.3 Å². The zero-order valence-corrected chi connectivity index (χ0v) is 12.4. The molecule has 2 aromatic heterocycles. The minimum absolute atomic E-state index is 0.0841. The molecule has 1 aliphatic heterocycles. The molecular formula is C15H18N4O3. The Balaban J connectivity index is 1.57. The predicted molar refractivity (Wildman–Crippen MR) is 78.6 cm³/mol. The van der Waals surface area contributed by atoms with Gasteiger partial charge in [-0.3, -0.25) is 4.79 Å². The Hall–Kier alpha value is -2.57. The Morgan fingerprint density at radius 1 is 1.27 bits per heavy atom. The number of nitrogens with zero attached hydrogens (tertiary/aromatic N) is 4. The van der Waals surface area contributed by atoms with Crippen molar-refractivity contribution in [2.24, 2.45) is 0 Å². The van der Waals surface area contributed by atoms with E-state index in [1.807, 2.05) is 34.0 Å². The average Bonchev–Trinajstić information content (AvgIpc) is 3.19. The van der Waals surface area contributed by atoms with Gasteiger partial charge in [0.15, 0.2) is 0 Å². The van der Waals surface area contributed by atoms with Crippen molar-refractivity contribution in [1.29, 1.82) is 0 Å². The molecule has 0 bridgehead atoms. The second-order valence-electron chi connectivity index (χ2n) is 5.09. The third-order valence-electron chi connectivity index (χ3n) is 3.59. The number of hydrogen-bond donors (Lipinski definition) is 0. The molecule has 1 saturated heterocycles. The van der Waals surface area contributed by atoms with Crippen molar-refractivity contribution in [2.75, 3.05) is 20.2 Å². The van der Waals surface area contributed by atoms with Gasteiger partial charge in [0.2, 0.25) is 5.91 Å². The molecular weight excluding hydrogens is 284 g/mol. The highest BCUT2D eigenvalue weighted by molar-refractivity contribution is 5.76. The van der Waals surface area contributed by atoms with Crippen LogP contribution in [0, 0.1) is 0 Å². The van der Waals surface area contributed by atoms with Gasteiger partial charge in [-0.2, -0.15) is 0 Å². The number of hydrogen-bond acceptors (Lipinski definition) is 5. The van der Waals surface area contributed by atoms with E-state index in [1.54, 1.807) is 12.4 Å². The van der Waals surface area contributed by atoms with E-state index in [9.17, 15) is 4.79 Å². The van der Waals surface area contributed by atoms with Crippen LogP contribution in [0.5, 0.6) is 11.8 Å². The molecule has 0 radical (unpaired) electrons. The maximum absolute atomic E-state index is 12.2. The number of carbonyl (C=O) groups excluding carboxylic acids is 1. The lowest BCUT2D eigenvalue weighted by Gasteiger charge is -2.17. The lowest BCUT2D eigenvalue weighted by Crippen LogP contribution is -2.33. The third kappa shape index (κ3) is 3.19. The van der Waals surface area contributed by atoms with Gasteiger partial charge in [-0.15, -0.1) is 0 Å². The first-order valence-corrected chi connectivity index (χ1v) is 7.16. The van der Waals surface area contributed by atoms with Crippen molar-refractivity contribution in [3.8, 4) is 11.8 Å². The van der Waals surface area contributed by atoms with E-state index in [0.29, 0.717) is 31.4 Å². The van der Waals surface area contributed by atoms with Gasteiger partial charge in [-0.25, -0.2) is 9.97 Å². The molecule has 1 fully saturated rings. The number of aromatic nitrogens is 3. The van der Waals surface area contributed by atoms with E-state index < -0.39 is 0 Å². The van der Waals surface area contributed by atoms with Crippen molar-refractivity contribution >= 4 is 5.91 Å². The minimum Gasteiger partial charge on any atom is -0.477 e. The van der Waals surface area contributed by atoms with Crippen LogP contribution < -0.4 is 9.47 Å². The SMILES string of the molecule is COc1nccnc1O[C@H]1CCN(C(=O)Cn2cccc2)C1. The second-order valence-corrected chi connectivity index (χ2v) is 5.09. The minimum atomic E-state index is -0.0841. The summed E-state index contributed by atoms with van der Waals surface area (Å²) >= 11 is 0. The molecule has 116 valence electrons. The van der Waals surface area contributed by atoms with Crippen molar-refractivity contribution in [1.82, 2.24) is 19.4 Å². The molecule has 0 aliphatic carbocycles. The van der Waals surface area contributed by atoms with Crippen LogP contribution in [0.4, 0.5) is 0 Å². The van der Waals surface area contributed by atoms with Crippen LogP contribution in [0.15, 0.2) is 36.9 Å². The summed E-state index contributed by atoms with van der Waals surface area (Å²) in [6, 6.07) is 3.81. The normalized spacial score (nSPS) is 17.5. The van der Waals surface area contributed by atoms with Crippen LogP contribution >= 0.6 is 0 Å². The molecule has 1 aliphatic rings. The van der Waals surface area contributed by atoms with Gasteiger partial charge in [0.1, 0.15) is 12.6 Å². The monoisotopic (exact) mass is 302 g/mol. The zero-order chi connectivity index (χ0) is 15.4. The molecule has 2 aromatic rings. The molecule has 0 aromatic carbocycles. The highest BCUT2D eigenvalue weighted by Gasteiger charge is 2.28. The molecule has 0 unspecified atom stereocenters. The summed E-state index contributed by atoms with van der Waals surface area (Å²) in [5.74, 6) is 0.822. The van der Waals surface area contributed by atoms with Crippen LogP contribution in [0.25, 0.3) is 0 Å². The summed E-state index contributed by atoms with van der Waals surface area (Å²) in [4.78, 5) is 22.2. The Bertz CT molecular complexity index is 629. The highest BCUT2D eigenvalue weighted by Crippen LogP contribution is 2.23. The number of amides is 1. The van der Waals surface area contributed by atoms with E-state index in [4.69, 9.17) is 9.47 Å². The van der Waals surface area contributed by atoms with Gasteiger partial charge in [-0.05, 0) is 12.1 Å². The van der Waals surface area contributed by atoms with E-state index in [-0.39, 0.29) is 12.0 Å². The molecule has 0 saturated carbocycles. The van der Waals surface area contributed by atoms with Gasteiger partial charge < -0.3 is 18.9 Å². The number of ether oxygens (including phenoxy) is 2. The summed E-state index contributed by atoms with van der Waals surface area (Å²) in [5.41, 5.74) is 0. The van der Waals surface area contributed by atoms with E-state index >= 15 is 0 Å². The van der Waals surface area contributed by atoms with Crippen LogP contribution in [-0.4, -0.2) is 51.6 Å². The topological polar surface area (TPSA) is 69.5 Å². The molecule has 7 nitrogen and oxygen atoms in total. The quantitative estimate of drug-likeness (QED) is 0.823. The molecule has 0 spiro atoms. The summed E-state index contributed by atoms with van der Waals surface area (Å²) in [5, 5.41) is 0. The predicted octanol–water partition coefficient (Wildman–Crippen LogP) is 0.967. The molecule has 1 amide bonds. The van der Waals surface area contributed by atoms with Crippen LogP contribution in [0.1, 0.15) is 6.42 Å². The van der Waals surface area contributed by atoms with Crippen molar-refractivity contribution in [2.45, 2.75) is 19.1 Å². The number of carbonyl (C=O) groups is 1. The third-order valence-corrected chi connectivity index (χ3v) is 3.59. The van der Waals surface area contributed by atoms with Crippen molar-refractivity contribution in [3.63, 3.8) is 0 Å². The Morgan fingerprint density at radius 2 is 2.00 bits per heavy atom. The Labute approximate surface area is 128 Å². The fourth-order valence-corrected chi connectivity index (χ4v) is 2.47. The molecule has 3 heterocycles. The molecule has 22 heavy (non-hydrogen) atoms. The van der Waals surface area contributed by atoms with E-state index in [1.165, 1.54) is 7.11 Å². The highest BCUT2D eigenvalue weighted by atomic mass is 16.5. The van der Waals surface area contributed by atoms with Crippen LogP contribution in [0.3, 0.4) is 0 Å². The molecule has 7 heteroatoms. The largest absolute Gasteiger partial charge is 0.477 e. The standard InChI is InChI=1S/C15H18N4O3/c1-21-14-15(17-6-5-16-14)22-12-4-9-19(10-12)13(20)11-18-7-2-3-8-18/h2-3,5-8,12H,4,9-11H2,1H3/t12-/m0/s1. The molecule has 0 N–H and O–H groups in total. The van der Waals surface area contributed by atoms with Gasteiger partial charge in [0, 0.05) is 37.8 Å².